The third-order valence-electron chi connectivity index (χ3n) is 0.716. The van der Waals surface area contributed by atoms with Crippen molar-refractivity contribution in [2.45, 2.75) is 20.8 Å². The molecule has 0 radical (unpaired) electrons. The van der Waals surface area contributed by atoms with Crippen LogP contribution in [0.25, 0.3) is 0 Å². The smallest absolute Gasteiger partial charge is 0.108 e. The van der Waals surface area contributed by atoms with Crippen LogP contribution in [0.5, 0.6) is 0 Å². The van der Waals surface area contributed by atoms with Crippen molar-refractivity contribution in [3.05, 3.63) is 36.6 Å². The van der Waals surface area contributed by atoms with Crippen molar-refractivity contribution >= 4 is 6.79 Å². The number of carbonyl (C=O) groups is 1. The van der Waals surface area contributed by atoms with Crippen LogP contribution in [-0.4, -0.2) is 11.9 Å². The Morgan fingerprint density at radius 1 is 1.33 bits per heavy atom. The van der Waals surface area contributed by atoms with Crippen LogP contribution in [-0.2, 0) is 4.79 Å². The first-order valence-corrected chi connectivity index (χ1v) is 3.64. The van der Waals surface area contributed by atoms with E-state index in [1.54, 1.807) is 12.2 Å². The van der Waals surface area contributed by atoms with Gasteiger partial charge in [0, 0.05) is 0 Å². The lowest BCUT2D eigenvalue weighted by atomic mass is 10.3. The van der Waals surface area contributed by atoms with Gasteiger partial charge in [-0.3, -0.25) is 0 Å². The van der Waals surface area contributed by atoms with Crippen molar-refractivity contribution in [1.29, 1.82) is 0 Å². The molecule has 2 nitrogen and oxygen atoms in total. The summed E-state index contributed by atoms with van der Waals surface area (Å²) in [5, 5.41) is 8.54. The molecule has 0 rings (SSSR count). The highest BCUT2D eigenvalue weighted by atomic mass is 16.3. The number of rotatable bonds is 2. The highest BCUT2D eigenvalue weighted by Crippen LogP contribution is 1.95. The first-order chi connectivity index (χ1) is 5.66. The van der Waals surface area contributed by atoms with Crippen LogP contribution in [0.2, 0.25) is 0 Å². The summed E-state index contributed by atoms with van der Waals surface area (Å²) in [6.07, 6.45) is 3.20. The molecule has 0 aliphatic heterocycles. The molecule has 0 fully saturated rings. The average Bonchev–Trinajstić information content (AvgIpc) is 2.10. The predicted octanol–water partition coefficient (Wildman–Crippen LogP) is 3.03. The van der Waals surface area contributed by atoms with E-state index in [1.807, 2.05) is 27.6 Å². The van der Waals surface area contributed by atoms with E-state index >= 15 is 0 Å². The first-order valence-electron chi connectivity index (χ1n) is 3.64. The summed E-state index contributed by atoms with van der Waals surface area (Å²) in [6.45, 7) is 14.6. The molecule has 0 aromatic heterocycles. The number of allylic oxidation sites excluding steroid dienone is 3. The van der Waals surface area contributed by atoms with E-state index in [9.17, 15) is 0 Å². The number of carbonyl (C=O) groups excluding carboxylic acids is 1. The molecule has 0 amide bonds. The highest BCUT2D eigenvalue weighted by molar-refractivity contribution is 5.21. The average molecular weight is 170 g/mol. The maximum Gasteiger partial charge on any atom is 0.108 e. The number of aliphatic hydroxyl groups is 1. The fourth-order valence-electron chi connectivity index (χ4n) is 0.322. The van der Waals surface area contributed by atoms with E-state index < -0.39 is 0 Å². The summed E-state index contributed by atoms with van der Waals surface area (Å²) in [5.74, 6) is 0.0717. The first kappa shape index (κ1) is 17.0. The molecule has 70 valence electrons. The van der Waals surface area contributed by atoms with Crippen LogP contribution < -0.4 is 0 Å². The molecule has 0 aliphatic carbocycles. The summed E-state index contributed by atoms with van der Waals surface area (Å²) in [5.41, 5.74) is 0.914. The molecule has 0 bridgehead atoms. The van der Waals surface area contributed by atoms with Gasteiger partial charge in [-0.15, -0.1) is 0 Å². The third kappa shape index (κ3) is 23.4. The van der Waals surface area contributed by atoms with Crippen LogP contribution in [0.3, 0.4) is 0 Å². The van der Waals surface area contributed by atoms with Gasteiger partial charge in [-0.25, -0.2) is 0 Å². The second kappa shape index (κ2) is 16.3. The molecular weight excluding hydrogens is 152 g/mol. The zero-order valence-corrected chi connectivity index (χ0v) is 8.13. The SMILES string of the molecule is C=C/C(C)=C\C(=C)O.C=O.CC. The monoisotopic (exact) mass is 170 g/mol. The van der Waals surface area contributed by atoms with Crippen molar-refractivity contribution in [1.82, 2.24) is 0 Å². The van der Waals surface area contributed by atoms with E-state index in [0.717, 1.165) is 5.57 Å². The lowest BCUT2D eigenvalue weighted by Crippen LogP contribution is -1.70. The minimum absolute atomic E-state index is 0.0717. The Labute approximate surface area is 74.9 Å². The van der Waals surface area contributed by atoms with Crippen LogP contribution in [0.4, 0.5) is 0 Å². The maximum atomic E-state index is 8.54. The summed E-state index contributed by atoms with van der Waals surface area (Å²) in [6, 6.07) is 0. The predicted molar refractivity (Wildman–Crippen MR) is 54.2 cm³/mol. The van der Waals surface area contributed by atoms with Gasteiger partial charge in [0.15, 0.2) is 0 Å². The molecule has 0 atom stereocenters. The lowest BCUT2D eigenvalue weighted by Gasteiger charge is -1.87. The molecule has 0 unspecified atom stereocenters. The number of aliphatic hydroxyl groups excluding tert-OH is 1. The van der Waals surface area contributed by atoms with E-state index in [1.165, 1.54) is 0 Å². The molecule has 0 spiro atoms. The van der Waals surface area contributed by atoms with E-state index in [2.05, 4.69) is 13.2 Å². The van der Waals surface area contributed by atoms with Crippen molar-refractivity contribution in [2.24, 2.45) is 0 Å². The van der Waals surface area contributed by atoms with E-state index in [4.69, 9.17) is 9.90 Å². The number of hydrogen-bond donors (Lipinski definition) is 1. The fourth-order valence-corrected chi connectivity index (χ4v) is 0.322. The number of hydrogen-bond acceptors (Lipinski definition) is 2. The van der Waals surface area contributed by atoms with E-state index in [0.29, 0.717) is 0 Å². The van der Waals surface area contributed by atoms with Gasteiger partial charge < -0.3 is 9.90 Å². The Bertz CT molecular complexity index is 146. The van der Waals surface area contributed by atoms with Crippen molar-refractivity contribution in [3.8, 4) is 0 Å². The van der Waals surface area contributed by atoms with Gasteiger partial charge >= 0.3 is 0 Å². The summed E-state index contributed by atoms with van der Waals surface area (Å²) in [4.78, 5) is 8.00. The summed E-state index contributed by atoms with van der Waals surface area (Å²) < 4.78 is 0. The molecule has 0 saturated heterocycles. The molecule has 1 N–H and O–H groups in total. The summed E-state index contributed by atoms with van der Waals surface area (Å²) >= 11 is 0. The lowest BCUT2D eigenvalue weighted by molar-refractivity contribution is -0.0979. The Kier molecular flexibility index (Phi) is 23.1. The van der Waals surface area contributed by atoms with Crippen molar-refractivity contribution in [3.63, 3.8) is 0 Å². The fraction of sp³-hybridized carbons (Fsp3) is 0.300. The molecule has 0 aromatic carbocycles. The summed E-state index contributed by atoms with van der Waals surface area (Å²) in [7, 11) is 0. The van der Waals surface area contributed by atoms with Gasteiger partial charge in [-0.1, -0.05) is 33.1 Å². The van der Waals surface area contributed by atoms with Gasteiger partial charge in [-0.05, 0) is 18.6 Å². The Hall–Kier alpha value is -1.31. The normalized spacial score (nSPS) is 8.08. The second-order valence-corrected chi connectivity index (χ2v) is 1.58. The standard InChI is InChI=1S/C7H10O.C2H6.CH2O/c1-4-6(2)5-7(3)8;2*1-2/h4-5,8H,1,3H2,2H3;1-2H3;1H2/b6-5-;;. The van der Waals surface area contributed by atoms with Crippen LogP contribution >= 0.6 is 0 Å². The van der Waals surface area contributed by atoms with Crippen molar-refractivity contribution in [2.75, 3.05) is 0 Å². The minimum Gasteiger partial charge on any atom is -0.509 e. The zero-order valence-electron chi connectivity index (χ0n) is 8.13. The van der Waals surface area contributed by atoms with Gasteiger partial charge in [-0.2, -0.15) is 0 Å². The maximum absolute atomic E-state index is 8.54. The van der Waals surface area contributed by atoms with Gasteiger partial charge in [0.25, 0.3) is 0 Å². The van der Waals surface area contributed by atoms with Crippen molar-refractivity contribution < 1.29 is 9.90 Å². The van der Waals surface area contributed by atoms with Gasteiger partial charge in [0.1, 0.15) is 12.5 Å². The van der Waals surface area contributed by atoms with Crippen LogP contribution in [0.15, 0.2) is 36.6 Å². The largest absolute Gasteiger partial charge is 0.509 e. The minimum atomic E-state index is 0.0717. The molecule has 0 heterocycles. The molecule has 0 saturated carbocycles. The van der Waals surface area contributed by atoms with Gasteiger partial charge in [0.2, 0.25) is 0 Å². The Morgan fingerprint density at radius 2 is 1.67 bits per heavy atom. The molecular formula is C10H18O2. The van der Waals surface area contributed by atoms with E-state index in [-0.39, 0.29) is 5.76 Å². The molecule has 0 aliphatic rings. The second-order valence-electron chi connectivity index (χ2n) is 1.58. The van der Waals surface area contributed by atoms with Crippen LogP contribution in [0.1, 0.15) is 20.8 Å². The van der Waals surface area contributed by atoms with Gasteiger partial charge in [0.05, 0.1) is 0 Å². The molecule has 0 aromatic rings. The third-order valence-corrected chi connectivity index (χ3v) is 0.716. The Morgan fingerprint density at radius 3 is 1.75 bits per heavy atom. The topological polar surface area (TPSA) is 37.3 Å². The van der Waals surface area contributed by atoms with Crippen LogP contribution in [0, 0.1) is 0 Å². The highest BCUT2D eigenvalue weighted by Gasteiger charge is 1.79. The molecule has 12 heavy (non-hydrogen) atoms. The molecule has 2 heteroatoms. The quantitative estimate of drug-likeness (QED) is 0.511. The Balaban J connectivity index is -0.000000175. The zero-order chi connectivity index (χ0) is 10.6.